The van der Waals surface area contributed by atoms with Crippen LogP contribution in [0.2, 0.25) is 0 Å². The van der Waals surface area contributed by atoms with Gasteiger partial charge >= 0.3 is 6.03 Å². The van der Waals surface area contributed by atoms with E-state index in [1.54, 1.807) is 22.9 Å². The van der Waals surface area contributed by atoms with Crippen molar-refractivity contribution in [2.75, 3.05) is 20.3 Å². The van der Waals surface area contributed by atoms with E-state index in [4.69, 9.17) is 10.5 Å². The molecule has 7 nitrogen and oxygen atoms in total. The van der Waals surface area contributed by atoms with Crippen LogP contribution in [0.15, 0.2) is 11.2 Å². The van der Waals surface area contributed by atoms with Crippen molar-refractivity contribution in [2.45, 2.75) is 13.0 Å². The Balaban J connectivity index is 2.31. The van der Waals surface area contributed by atoms with Crippen LogP contribution in [0.25, 0.3) is 0 Å². The van der Waals surface area contributed by atoms with Gasteiger partial charge in [0.05, 0.1) is 12.8 Å². The van der Waals surface area contributed by atoms with Crippen LogP contribution < -0.4 is 5.73 Å². The molecule has 0 saturated heterocycles. The van der Waals surface area contributed by atoms with E-state index in [-0.39, 0.29) is 12.1 Å². The zero-order chi connectivity index (χ0) is 13.3. The van der Waals surface area contributed by atoms with Gasteiger partial charge in [0.2, 0.25) is 0 Å². The number of urea groups is 1. The van der Waals surface area contributed by atoms with Gasteiger partial charge in [0.25, 0.3) is 0 Å². The van der Waals surface area contributed by atoms with Crippen molar-refractivity contribution < 1.29 is 9.53 Å². The minimum absolute atomic E-state index is 0.312. The van der Waals surface area contributed by atoms with Gasteiger partial charge in [0.15, 0.2) is 0 Å². The smallest absolute Gasteiger partial charge is 0.346 e. The average Bonchev–Trinajstić information content (AvgIpc) is 2.78. The first-order chi connectivity index (χ1) is 8.56. The number of methoxy groups -OCH3 is 1. The summed E-state index contributed by atoms with van der Waals surface area (Å²) in [6.07, 6.45) is 1.72. The number of rotatable bonds is 4. The van der Waals surface area contributed by atoms with Gasteiger partial charge in [-0.2, -0.15) is 10.1 Å². The minimum Gasteiger partial charge on any atom is -0.385 e. The summed E-state index contributed by atoms with van der Waals surface area (Å²) in [5.74, 6) is 0.312. The van der Waals surface area contributed by atoms with Gasteiger partial charge in [-0.15, -0.1) is 0 Å². The van der Waals surface area contributed by atoms with Gasteiger partial charge < -0.3 is 15.4 Å². The lowest BCUT2D eigenvalue weighted by Gasteiger charge is -2.23. The van der Waals surface area contributed by atoms with Crippen molar-refractivity contribution in [3.05, 3.63) is 17.5 Å². The SMILES string of the molecule is COCCN1C(=O)N=C(N)C1c1cnn(C)c1C. The summed E-state index contributed by atoms with van der Waals surface area (Å²) >= 11 is 0. The van der Waals surface area contributed by atoms with Crippen LogP contribution in [0.3, 0.4) is 0 Å². The van der Waals surface area contributed by atoms with Gasteiger partial charge in [-0.25, -0.2) is 4.79 Å². The molecule has 2 rings (SSSR count). The number of hydrogen-bond donors (Lipinski definition) is 1. The molecule has 0 spiro atoms. The van der Waals surface area contributed by atoms with Gasteiger partial charge in [-0.05, 0) is 6.92 Å². The maximum Gasteiger partial charge on any atom is 0.346 e. The standard InChI is InChI=1S/C11H17N5O2/c1-7-8(6-13-15(7)2)9-10(12)14-11(17)16(9)4-5-18-3/h6,9H,4-5H2,1-3H3,(H2,12,14,17). The van der Waals surface area contributed by atoms with E-state index < -0.39 is 0 Å². The highest BCUT2D eigenvalue weighted by molar-refractivity contribution is 6.03. The van der Waals surface area contributed by atoms with Gasteiger partial charge in [-0.1, -0.05) is 0 Å². The monoisotopic (exact) mass is 251 g/mol. The van der Waals surface area contributed by atoms with Crippen LogP contribution in [0.1, 0.15) is 17.3 Å². The van der Waals surface area contributed by atoms with Crippen molar-refractivity contribution in [3.63, 3.8) is 0 Å². The molecular formula is C11H17N5O2. The second kappa shape index (κ2) is 4.77. The number of nitrogens with zero attached hydrogens (tertiary/aromatic N) is 4. The zero-order valence-electron chi connectivity index (χ0n) is 10.8. The van der Waals surface area contributed by atoms with Crippen LogP contribution in [-0.4, -0.2) is 46.8 Å². The van der Waals surface area contributed by atoms with Crippen LogP contribution >= 0.6 is 0 Å². The lowest BCUT2D eigenvalue weighted by molar-refractivity contribution is 0.150. The first-order valence-corrected chi connectivity index (χ1v) is 5.68. The Kier molecular flexibility index (Phi) is 3.33. The number of carbonyl (C=O) groups excluding carboxylic acids is 1. The molecule has 7 heteroatoms. The molecule has 2 N–H and O–H groups in total. The summed E-state index contributed by atoms with van der Waals surface area (Å²) in [6, 6.07) is -0.654. The van der Waals surface area contributed by atoms with Crippen molar-refractivity contribution in [3.8, 4) is 0 Å². The predicted molar refractivity (Wildman–Crippen MR) is 66.3 cm³/mol. The Morgan fingerprint density at radius 1 is 1.56 bits per heavy atom. The summed E-state index contributed by atoms with van der Waals surface area (Å²) in [5, 5.41) is 4.17. The van der Waals surface area contributed by atoms with Crippen molar-refractivity contribution in [1.82, 2.24) is 14.7 Å². The van der Waals surface area contributed by atoms with Gasteiger partial charge in [0, 0.05) is 32.0 Å². The van der Waals surface area contributed by atoms with Crippen LogP contribution in [0.5, 0.6) is 0 Å². The number of carbonyl (C=O) groups is 1. The van der Waals surface area contributed by atoms with E-state index >= 15 is 0 Å². The van der Waals surface area contributed by atoms with Crippen LogP contribution in [0, 0.1) is 6.92 Å². The molecule has 2 amide bonds. The zero-order valence-corrected chi connectivity index (χ0v) is 10.8. The highest BCUT2D eigenvalue weighted by Crippen LogP contribution is 2.28. The second-order valence-corrected chi connectivity index (χ2v) is 4.22. The minimum atomic E-state index is -0.332. The molecular weight excluding hydrogens is 234 g/mol. The lowest BCUT2D eigenvalue weighted by Crippen LogP contribution is -2.35. The van der Waals surface area contributed by atoms with Gasteiger partial charge in [-0.3, -0.25) is 4.68 Å². The highest BCUT2D eigenvalue weighted by Gasteiger charge is 2.36. The predicted octanol–water partition coefficient (Wildman–Crippen LogP) is 0.209. The van der Waals surface area contributed by atoms with E-state index in [0.29, 0.717) is 19.0 Å². The quantitative estimate of drug-likeness (QED) is 0.828. The number of amidine groups is 1. The topological polar surface area (TPSA) is 85.7 Å². The largest absolute Gasteiger partial charge is 0.385 e. The summed E-state index contributed by atoms with van der Waals surface area (Å²) in [6.45, 7) is 2.84. The number of hydrogen-bond acceptors (Lipinski definition) is 4. The molecule has 0 bridgehead atoms. The first kappa shape index (κ1) is 12.6. The Bertz CT molecular complexity index is 494. The summed E-state index contributed by atoms with van der Waals surface area (Å²) in [4.78, 5) is 17.2. The number of aliphatic imine (C=N–C) groups is 1. The Morgan fingerprint density at radius 3 is 2.83 bits per heavy atom. The fourth-order valence-corrected chi connectivity index (χ4v) is 2.03. The first-order valence-electron chi connectivity index (χ1n) is 5.68. The molecule has 2 heterocycles. The number of aryl methyl sites for hydroxylation is 1. The van der Waals surface area contributed by atoms with E-state index in [1.165, 1.54) is 0 Å². The van der Waals surface area contributed by atoms with E-state index in [9.17, 15) is 4.79 Å². The maximum atomic E-state index is 11.8. The fraction of sp³-hybridized carbons (Fsp3) is 0.545. The Labute approximate surface area is 105 Å². The Morgan fingerprint density at radius 2 is 2.28 bits per heavy atom. The number of aromatic nitrogens is 2. The Hall–Kier alpha value is -1.89. The number of nitrogens with two attached hydrogens (primary N) is 1. The third-order valence-electron chi connectivity index (χ3n) is 3.17. The van der Waals surface area contributed by atoms with Crippen molar-refractivity contribution in [1.29, 1.82) is 0 Å². The fourth-order valence-electron chi connectivity index (χ4n) is 2.03. The third kappa shape index (κ3) is 1.97. The molecule has 0 fully saturated rings. The lowest BCUT2D eigenvalue weighted by atomic mass is 10.1. The number of ether oxygens (including phenoxy) is 1. The molecule has 1 unspecified atom stereocenters. The summed E-state index contributed by atoms with van der Waals surface area (Å²) < 4.78 is 6.75. The molecule has 0 saturated carbocycles. The summed E-state index contributed by atoms with van der Waals surface area (Å²) in [5.41, 5.74) is 7.72. The molecule has 1 atom stereocenters. The highest BCUT2D eigenvalue weighted by atomic mass is 16.5. The molecule has 0 aromatic carbocycles. The molecule has 1 aromatic rings. The van der Waals surface area contributed by atoms with Crippen LogP contribution in [0.4, 0.5) is 4.79 Å². The summed E-state index contributed by atoms with van der Waals surface area (Å²) in [7, 11) is 3.44. The molecule has 98 valence electrons. The van der Waals surface area contributed by atoms with Crippen LogP contribution in [-0.2, 0) is 11.8 Å². The molecule has 1 aliphatic heterocycles. The molecule has 18 heavy (non-hydrogen) atoms. The third-order valence-corrected chi connectivity index (χ3v) is 3.17. The van der Waals surface area contributed by atoms with E-state index in [2.05, 4.69) is 10.1 Å². The van der Waals surface area contributed by atoms with E-state index in [0.717, 1.165) is 11.3 Å². The molecule has 0 aliphatic carbocycles. The molecule has 0 radical (unpaired) electrons. The van der Waals surface area contributed by atoms with Crippen molar-refractivity contribution >= 4 is 11.9 Å². The van der Waals surface area contributed by atoms with E-state index in [1.807, 2.05) is 14.0 Å². The molecule has 1 aliphatic rings. The number of amides is 2. The van der Waals surface area contributed by atoms with Crippen molar-refractivity contribution in [2.24, 2.45) is 17.8 Å². The second-order valence-electron chi connectivity index (χ2n) is 4.22. The van der Waals surface area contributed by atoms with Gasteiger partial charge in [0.1, 0.15) is 11.9 Å². The normalized spacial score (nSPS) is 19.5. The maximum absolute atomic E-state index is 11.8. The molecule has 1 aromatic heterocycles. The average molecular weight is 251 g/mol.